The molecule has 0 saturated carbocycles. The smallest absolute Gasteiger partial charge is 0.150 e. The van der Waals surface area contributed by atoms with Crippen molar-refractivity contribution < 1.29 is 0 Å². The van der Waals surface area contributed by atoms with Crippen LogP contribution in [0.5, 0.6) is 0 Å². The maximum Gasteiger partial charge on any atom is 0.150 e. The minimum absolute atomic E-state index is 0.403. The zero-order chi connectivity index (χ0) is 12.3. The maximum atomic E-state index is 6.09. The fourth-order valence-corrected chi connectivity index (χ4v) is 2.11. The molecule has 0 spiro atoms. The molecule has 0 radical (unpaired) electrons. The summed E-state index contributed by atoms with van der Waals surface area (Å²) in [6.45, 7) is 0.403. The molecule has 2 heterocycles. The van der Waals surface area contributed by atoms with Crippen molar-refractivity contribution in [3.63, 3.8) is 0 Å². The van der Waals surface area contributed by atoms with Crippen molar-refractivity contribution in [1.29, 1.82) is 0 Å². The SMILES string of the molecule is Cn1c(CN)nc(Cl)c1CCc1ccccn1. The standard InChI is InChI=1S/C12H15ClN4/c1-17-10(12(13)16-11(17)8-14)6-5-9-4-2-3-7-15-9/h2-4,7H,5-6,8,14H2,1H3. The van der Waals surface area contributed by atoms with E-state index in [-0.39, 0.29) is 0 Å². The number of hydrogen-bond acceptors (Lipinski definition) is 3. The average molecular weight is 251 g/mol. The first-order valence-electron chi connectivity index (χ1n) is 5.52. The number of hydrogen-bond donors (Lipinski definition) is 1. The summed E-state index contributed by atoms with van der Waals surface area (Å²) in [6.07, 6.45) is 3.47. The summed E-state index contributed by atoms with van der Waals surface area (Å²) in [5.74, 6) is 0.811. The van der Waals surface area contributed by atoms with E-state index >= 15 is 0 Å². The lowest BCUT2D eigenvalue weighted by Gasteiger charge is -2.04. The van der Waals surface area contributed by atoms with Crippen LogP contribution in [0.4, 0.5) is 0 Å². The van der Waals surface area contributed by atoms with Gasteiger partial charge in [-0.1, -0.05) is 17.7 Å². The molecule has 0 aliphatic carbocycles. The van der Waals surface area contributed by atoms with Crippen LogP contribution in [-0.4, -0.2) is 14.5 Å². The molecule has 2 N–H and O–H groups in total. The summed E-state index contributed by atoms with van der Waals surface area (Å²) in [6, 6.07) is 5.90. The minimum atomic E-state index is 0.403. The third-order valence-corrected chi connectivity index (χ3v) is 3.09. The number of aryl methyl sites for hydroxylation is 1. The predicted molar refractivity (Wildman–Crippen MR) is 67.8 cm³/mol. The Hall–Kier alpha value is -1.39. The van der Waals surface area contributed by atoms with E-state index in [2.05, 4.69) is 9.97 Å². The molecule has 0 aliphatic heterocycles. The van der Waals surface area contributed by atoms with Gasteiger partial charge in [0, 0.05) is 18.9 Å². The van der Waals surface area contributed by atoms with Crippen molar-refractivity contribution in [2.75, 3.05) is 0 Å². The molecule has 17 heavy (non-hydrogen) atoms. The molecule has 4 nitrogen and oxygen atoms in total. The lowest BCUT2D eigenvalue weighted by atomic mass is 10.2. The second-order valence-electron chi connectivity index (χ2n) is 3.85. The van der Waals surface area contributed by atoms with Gasteiger partial charge in [0.05, 0.1) is 12.2 Å². The summed E-state index contributed by atoms with van der Waals surface area (Å²) in [7, 11) is 1.94. The van der Waals surface area contributed by atoms with E-state index in [0.29, 0.717) is 11.7 Å². The van der Waals surface area contributed by atoms with E-state index < -0.39 is 0 Å². The van der Waals surface area contributed by atoms with Gasteiger partial charge in [0.2, 0.25) is 0 Å². The van der Waals surface area contributed by atoms with Crippen molar-refractivity contribution in [2.45, 2.75) is 19.4 Å². The highest BCUT2D eigenvalue weighted by atomic mass is 35.5. The van der Waals surface area contributed by atoms with Crippen LogP contribution in [0.3, 0.4) is 0 Å². The number of rotatable bonds is 4. The highest BCUT2D eigenvalue weighted by Gasteiger charge is 2.11. The van der Waals surface area contributed by atoms with Crippen molar-refractivity contribution in [2.24, 2.45) is 12.8 Å². The summed E-state index contributed by atoms with van der Waals surface area (Å²) >= 11 is 6.09. The normalized spacial score (nSPS) is 10.8. The van der Waals surface area contributed by atoms with Gasteiger partial charge in [0.15, 0.2) is 5.15 Å². The van der Waals surface area contributed by atoms with Crippen molar-refractivity contribution >= 4 is 11.6 Å². The van der Waals surface area contributed by atoms with Crippen LogP contribution < -0.4 is 5.73 Å². The summed E-state index contributed by atoms with van der Waals surface area (Å²) in [5, 5.41) is 0.545. The molecule has 2 rings (SSSR count). The quantitative estimate of drug-likeness (QED) is 0.899. The molecule has 0 unspecified atom stereocenters. The molecule has 0 amide bonds. The van der Waals surface area contributed by atoms with E-state index in [1.165, 1.54) is 0 Å². The molecule has 2 aromatic heterocycles. The molecular weight excluding hydrogens is 236 g/mol. The lowest BCUT2D eigenvalue weighted by molar-refractivity contribution is 0.735. The Morgan fingerprint density at radius 3 is 2.76 bits per heavy atom. The highest BCUT2D eigenvalue weighted by molar-refractivity contribution is 6.30. The van der Waals surface area contributed by atoms with Crippen molar-refractivity contribution in [3.05, 3.63) is 46.8 Å². The first-order chi connectivity index (χ1) is 8.22. The van der Waals surface area contributed by atoms with E-state index in [1.807, 2.05) is 29.8 Å². The summed E-state index contributed by atoms with van der Waals surface area (Å²) in [4.78, 5) is 8.51. The largest absolute Gasteiger partial charge is 0.333 e. The number of halogens is 1. The number of aromatic nitrogens is 3. The number of imidazole rings is 1. The molecule has 0 aromatic carbocycles. The minimum Gasteiger partial charge on any atom is -0.333 e. The van der Waals surface area contributed by atoms with Crippen LogP contribution in [0.1, 0.15) is 17.2 Å². The van der Waals surface area contributed by atoms with Crippen LogP contribution >= 0.6 is 11.6 Å². The van der Waals surface area contributed by atoms with Gasteiger partial charge in [-0.3, -0.25) is 4.98 Å². The first-order valence-corrected chi connectivity index (χ1v) is 5.90. The van der Waals surface area contributed by atoms with Crippen molar-refractivity contribution in [1.82, 2.24) is 14.5 Å². The number of nitrogens with two attached hydrogens (primary N) is 1. The Balaban J connectivity index is 2.12. The molecule has 0 atom stereocenters. The third kappa shape index (κ3) is 2.65. The third-order valence-electron chi connectivity index (χ3n) is 2.78. The summed E-state index contributed by atoms with van der Waals surface area (Å²) < 4.78 is 1.96. The van der Waals surface area contributed by atoms with Gasteiger partial charge in [0.1, 0.15) is 5.82 Å². The van der Waals surface area contributed by atoms with Crippen LogP contribution in [0, 0.1) is 0 Å². The van der Waals surface area contributed by atoms with Gasteiger partial charge in [-0.25, -0.2) is 4.98 Å². The Bertz CT molecular complexity index is 493. The van der Waals surface area contributed by atoms with Crippen molar-refractivity contribution in [3.8, 4) is 0 Å². The average Bonchev–Trinajstić information content (AvgIpc) is 2.63. The zero-order valence-electron chi connectivity index (χ0n) is 9.73. The molecule has 0 bridgehead atoms. The van der Waals surface area contributed by atoms with Gasteiger partial charge in [-0.15, -0.1) is 0 Å². The fourth-order valence-electron chi connectivity index (χ4n) is 1.79. The Kier molecular flexibility index (Phi) is 3.76. The monoisotopic (exact) mass is 250 g/mol. The zero-order valence-corrected chi connectivity index (χ0v) is 10.5. The van der Waals surface area contributed by atoms with Gasteiger partial charge in [-0.05, 0) is 25.0 Å². The van der Waals surface area contributed by atoms with Gasteiger partial charge < -0.3 is 10.3 Å². The van der Waals surface area contributed by atoms with E-state index in [9.17, 15) is 0 Å². The second kappa shape index (κ2) is 5.29. The van der Waals surface area contributed by atoms with E-state index in [4.69, 9.17) is 17.3 Å². The van der Waals surface area contributed by atoms with E-state index in [0.717, 1.165) is 30.1 Å². The molecule has 0 fully saturated rings. The van der Waals surface area contributed by atoms with Gasteiger partial charge in [0.25, 0.3) is 0 Å². The molecule has 0 aliphatic rings. The Morgan fingerprint density at radius 2 is 2.18 bits per heavy atom. The predicted octanol–water partition coefficient (Wildman–Crippen LogP) is 1.71. The van der Waals surface area contributed by atoms with Crippen LogP contribution in [0.15, 0.2) is 24.4 Å². The van der Waals surface area contributed by atoms with Crippen LogP contribution in [-0.2, 0) is 26.4 Å². The van der Waals surface area contributed by atoms with Crippen LogP contribution in [0.25, 0.3) is 0 Å². The fraction of sp³-hybridized carbons (Fsp3) is 0.333. The molecule has 5 heteroatoms. The number of nitrogens with zero attached hydrogens (tertiary/aromatic N) is 3. The van der Waals surface area contributed by atoms with E-state index in [1.54, 1.807) is 6.20 Å². The highest BCUT2D eigenvalue weighted by Crippen LogP contribution is 2.17. The Labute approximate surface area is 105 Å². The number of pyridine rings is 1. The first kappa shape index (κ1) is 12.1. The second-order valence-corrected chi connectivity index (χ2v) is 4.21. The summed E-state index contributed by atoms with van der Waals surface area (Å²) in [5.41, 5.74) is 7.65. The molecule has 0 saturated heterocycles. The molecular formula is C12H15ClN4. The molecule has 2 aromatic rings. The molecule has 90 valence electrons. The van der Waals surface area contributed by atoms with Gasteiger partial charge >= 0.3 is 0 Å². The topological polar surface area (TPSA) is 56.7 Å². The lowest BCUT2D eigenvalue weighted by Crippen LogP contribution is -2.07. The van der Waals surface area contributed by atoms with Gasteiger partial charge in [-0.2, -0.15) is 0 Å². The Morgan fingerprint density at radius 1 is 1.35 bits per heavy atom. The maximum absolute atomic E-state index is 6.09. The van der Waals surface area contributed by atoms with Crippen LogP contribution in [0.2, 0.25) is 5.15 Å².